The number of nitrogens with one attached hydrogen (secondary N) is 1. The van der Waals surface area contributed by atoms with Gasteiger partial charge < -0.3 is 15.3 Å². The van der Waals surface area contributed by atoms with E-state index in [0.29, 0.717) is 18.5 Å². The molecule has 1 aliphatic heterocycles. The lowest BCUT2D eigenvalue weighted by molar-refractivity contribution is -0.122. The van der Waals surface area contributed by atoms with Gasteiger partial charge in [-0.3, -0.25) is 9.59 Å². The number of amides is 2. The number of aliphatic hydroxyl groups excluding tert-OH is 1. The number of nitrogens with zero attached hydrogens (tertiary/aromatic N) is 1. The van der Waals surface area contributed by atoms with Gasteiger partial charge in [-0.2, -0.15) is 0 Å². The fourth-order valence-corrected chi connectivity index (χ4v) is 3.33. The van der Waals surface area contributed by atoms with E-state index in [2.05, 4.69) is 5.32 Å². The number of benzene rings is 1. The molecule has 0 spiro atoms. The minimum atomic E-state index is 0.0433. The van der Waals surface area contributed by atoms with Crippen LogP contribution in [0.15, 0.2) is 24.3 Å². The molecule has 1 heterocycles. The van der Waals surface area contributed by atoms with E-state index in [1.165, 1.54) is 0 Å². The summed E-state index contributed by atoms with van der Waals surface area (Å²) in [6.45, 7) is 1.40. The molecule has 24 heavy (non-hydrogen) atoms. The van der Waals surface area contributed by atoms with E-state index >= 15 is 0 Å². The van der Waals surface area contributed by atoms with Crippen LogP contribution in [0.3, 0.4) is 0 Å². The summed E-state index contributed by atoms with van der Waals surface area (Å²) >= 11 is 0. The number of carbonyl (C=O) groups excluding carboxylic acids is 2. The number of likely N-dealkylation sites (tertiary alicyclic amines) is 1. The molecule has 0 aromatic heterocycles. The third-order valence-electron chi connectivity index (χ3n) is 4.97. The first-order valence-electron chi connectivity index (χ1n) is 8.97. The van der Waals surface area contributed by atoms with Crippen LogP contribution in [0.4, 0.5) is 0 Å². The quantitative estimate of drug-likeness (QED) is 0.839. The molecule has 130 valence electrons. The zero-order valence-corrected chi connectivity index (χ0v) is 14.0. The molecule has 5 nitrogen and oxygen atoms in total. The van der Waals surface area contributed by atoms with Crippen molar-refractivity contribution in [3.8, 4) is 0 Å². The number of hydrogen-bond donors (Lipinski definition) is 2. The number of carbonyl (C=O) groups is 2. The zero-order valence-electron chi connectivity index (χ0n) is 14.0. The van der Waals surface area contributed by atoms with Crippen LogP contribution in [-0.4, -0.2) is 41.0 Å². The van der Waals surface area contributed by atoms with E-state index in [9.17, 15) is 14.7 Å². The van der Waals surface area contributed by atoms with E-state index in [-0.39, 0.29) is 30.4 Å². The van der Waals surface area contributed by atoms with Crippen molar-refractivity contribution in [2.45, 2.75) is 51.1 Å². The molecule has 1 unspecified atom stereocenters. The van der Waals surface area contributed by atoms with Crippen LogP contribution in [0.5, 0.6) is 0 Å². The topological polar surface area (TPSA) is 69.6 Å². The third-order valence-corrected chi connectivity index (χ3v) is 4.97. The summed E-state index contributed by atoms with van der Waals surface area (Å²) in [6, 6.07) is 7.64. The van der Waals surface area contributed by atoms with Crippen LogP contribution in [0.1, 0.15) is 54.4 Å². The van der Waals surface area contributed by atoms with Gasteiger partial charge in [-0.25, -0.2) is 0 Å². The van der Waals surface area contributed by atoms with E-state index in [1.807, 2.05) is 29.2 Å². The monoisotopic (exact) mass is 330 g/mol. The van der Waals surface area contributed by atoms with Crippen LogP contribution in [0, 0.1) is 5.92 Å². The lowest BCUT2D eigenvalue weighted by Crippen LogP contribution is -2.44. The number of piperidine rings is 1. The molecular weight excluding hydrogens is 304 g/mol. The van der Waals surface area contributed by atoms with Crippen LogP contribution in [0.25, 0.3) is 0 Å². The molecule has 3 rings (SSSR count). The third kappa shape index (κ3) is 4.15. The number of hydrogen-bond acceptors (Lipinski definition) is 3. The maximum Gasteiger partial charge on any atom is 0.254 e. The van der Waals surface area contributed by atoms with Crippen molar-refractivity contribution in [3.05, 3.63) is 35.4 Å². The second kappa shape index (κ2) is 7.79. The SMILES string of the molecule is O=C(NCc1ccc(C(=O)N2CCCCC2CCO)cc1)C1CC1. The standard InChI is InChI=1S/C19H26N2O3/c22-12-10-17-3-1-2-11-21(17)19(24)16-6-4-14(5-7-16)13-20-18(23)15-8-9-15/h4-7,15,17,22H,1-3,8-13H2,(H,20,23). The van der Waals surface area contributed by atoms with Crippen molar-refractivity contribution in [2.24, 2.45) is 5.92 Å². The average molecular weight is 330 g/mol. The number of aliphatic hydroxyl groups is 1. The van der Waals surface area contributed by atoms with Crippen LogP contribution < -0.4 is 5.32 Å². The minimum absolute atomic E-state index is 0.0433. The van der Waals surface area contributed by atoms with Gasteiger partial charge in [0, 0.05) is 37.2 Å². The predicted octanol–water partition coefficient (Wildman–Crippen LogP) is 2.09. The molecule has 1 aliphatic carbocycles. The molecular formula is C19H26N2O3. The second-order valence-electron chi connectivity index (χ2n) is 6.85. The Morgan fingerprint density at radius 3 is 2.54 bits per heavy atom. The summed E-state index contributed by atoms with van der Waals surface area (Å²) in [6.07, 6.45) is 5.77. The highest BCUT2D eigenvalue weighted by Gasteiger charge is 2.29. The van der Waals surface area contributed by atoms with Crippen molar-refractivity contribution in [2.75, 3.05) is 13.2 Å². The molecule has 0 radical (unpaired) electrons. The Morgan fingerprint density at radius 2 is 1.88 bits per heavy atom. The van der Waals surface area contributed by atoms with Gasteiger partial charge in [0.15, 0.2) is 0 Å². The fourth-order valence-electron chi connectivity index (χ4n) is 3.33. The van der Waals surface area contributed by atoms with Gasteiger partial charge in [0.1, 0.15) is 0 Å². The number of rotatable bonds is 6. The molecule has 2 N–H and O–H groups in total. The Hall–Kier alpha value is -1.88. The van der Waals surface area contributed by atoms with Crippen LogP contribution in [-0.2, 0) is 11.3 Å². The van der Waals surface area contributed by atoms with Gasteiger partial charge in [0.2, 0.25) is 5.91 Å². The molecule has 1 aromatic carbocycles. The lowest BCUT2D eigenvalue weighted by Gasteiger charge is -2.35. The molecule has 1 saturated heterocycles. The van der Waals surface area contributed by atoms with Gasteiger partial charge in [0.25, 0.3) is 5.91 Å². The smallest absolute Gasteiger partial charge is 0.254 e. The highest BCUT2D eigenvalue weighted by Crippen LogP contribution is 2.28. The van der Waals surface area contributed by atoms with E-state index in [1.54, 1.807) is 0 Å². The van der Waals surface area contributed by atoms with Crippen molar-refractivity contribution in [1.29, 1.82) is 0 Å². The van der Waals surface area contributed by atoms with E-state index in [4.69, 9.17) is 0 Å². The summed E-state index contributed by atoms with van der Waals surface area (Å²) < 4.78 is 0. The Bertz CT molecular complexity index is 579. The van der Waals surface area contributed by atoms with Gasteiger partial charge in [-0.15, -0.1) is 0 Å². The highest BCUT2D eigenvalue weighted by molar-refractivity contribution is 5.94. The predicted molar refractivity (Wildman–Crippen MR) is 91.4 cm³/mol. The molecule has 5 heteroatoms. The van der Waals surface area contributed by atoms with Crippen LogP contribution >= 0.6 is 0 Å². The molecule has 2 fully saturated rings. The Labute approximate surface area is 143 Å². The normalized spacial score (nSPS) is 20.7. The first-order valence-corrected chi connectivity index (χ1v) is 8.97. The summed E-state index contributed by atoms with van der Waals surface area (Å²) in [5.74, 6) is 0.394. The average Bonchev–Trinajstić information content (AvgIpc) is 3.45. The van der Waals surface area contributed by atoms with E-state index < -0.39 is 0 Å². The van der Waals surface area contributed by atoms with Crippen molar-refractivity contribution < 1.29 is 14.7 Å². The van der Waals surface area contributed by atoms with E-state index in [0.717, 1.165) is 44.2 Å². The fraction of sp³-hybridized carbons (Fsp3) is 0.579. The summed E-state index contributed by atoms with van der Waals surface area (Å²) in [5, 5.41) is 12.1. The van der Waals surface area contributed by atoms with Crippen molar-refractivity contribution in [3.63, 3.8) is 0 Å². The van der Waals surface area contributed by atoms with Gasteiger partial charge in [0.05, 0.1) is 0 Å². The second-order valence-corrected chi connectivity index (χ2v) is 6.85. The summed E-state index contributed by atoms with van der Waals surface area (Å²) in [7, 11) is 0. The van der Waals surface area contributed by atoms with Gasteiger partial charge in [-0.1, -0.05) is 12.1 Å². The molecule has 1 saturated carbocycles. The van der Waals surface area contributed by atoms with Gasteiger partial charge >= 0.3 is 0 Å². The van der Waals surface area contributed by atoms with Gasteiger partial charge in [-0.05, 0) is 56.2 Å². The molecule has 2 aliphatic rings. The zero-order chi connectivity index (χ0) is 16.9. The summed E-state index contributed by atoms with van der Waals surface area (Å²) in [4.78, 5) is 26.3. The first kappa shape index (κ1) is 17.0. The summed E-state index contributed by atoms with van der Waals surface area (Å²) in [5.41, 5.74) is 1.68. The van der Waals surface area contributed by atoms with Crippen molar-refractivity contribution >= 4 is 11.8 Å². The largest absolute Gasteiger partial charge is 0.396 e. The molecule has 2 amide bonds. The minimum Gasteiger partial charge on any atom is -0.396 e. The maximum atomic E-state index is 12.7. The Kier molecular flexibility index (Phi) is 5.51. The molecule has 0 bridgehead atoms. The Morgan fingerprint density at radius 1 is 1.12 bits per heavy atom. The maximum absolute atomic E-state index is 12.7. The highest BCUT2D eigenvalue weighted by atomic mass is 16.3. The first-order chi connectivity index (χ1) is 11.7. The molecule has 1 aromatic rings. The molecule has 1 atom stereocenters. The lowest BCUT2D eigenvalue weighted by atomic mass is 9.98. The van der Waals surface area contributed by atoms with Crippen molar-refractivity contribution in [1.82, 2.24) is 10.2 Å². The van der Waals surface area contributed by atoms with Crippen LogP contribution in [0.2, 0.25) is 0 Å². The Balaban J connectivity index is 1.59.